The van der Waals surface area contributed by atoms with Crippen LogP contribution in [-0.4, -0.2) is 24.3 Å². The Kier molecular flexibility index (Phi) is 4.92. The number of thiol groups is 1. The van der Waals surface area contributed by atoms with Gasteiger partial charge in [-0.2, -0.15) is 12.6 Å². The highest BCUT2D eigenvalue weighted by molar-refractivity contribution is 9.10. The van der Waals surface area contributed by atoms with E-state index in [4.69, 9.17) is 4.74 Å². The van der Waals surface area contributed by atoms with Gasteiger partial charge in [-0.15, -0.1) is 0 Å². The fourth-order valence-electron chi connectivity index (χ4n) is 2.42. The molecule has 1 heterocycles. The van der Waals surface area contributed by atoms with Crippen molar-refractivity contribution in [3.63, 3.8) is 0 Å². The standard InChI is InChI=1S/C14H18BrNO2S/c1-10(19)13(17)18-14(6-8-16-9-7-14)11-2-4-12(15)5-3-11/h2-5,10,16,19H,6-9H2,1H3/p+1. The zero-order valence-electron chi connectivity index (χ0n) is 10.9. The van der Waals surface area contributed by atoms with Crippen LogP contribution in [0.15, 0.2) is 28.7 Å². The summed E-state index contributed by atoms with van der Waals surface area (Å²) < 4.78 is 6.85. The van der Waals surface area contributed by atoms with Crippen LogP contribution in [0.25, 0.3) is 0 Å². The fraction of sp³-hybridized carbons (Fsp3) is 0.500. The number of esters is 1. The van der Waals surface area contributed by atoms with Crippen LogP contribution in [0.5, 0.6) is 0 Å². The number of carbonyl (C=O) groups is 1. The summed E-state index contributed by atoms with van der Waals surface area (Å²) in [7, 11) is 0. The molecule has 0 aromatic heterocycles. The lowest BCUT2D eigenvalue weighted by Crippen LogP contribution is -2.87. The van der Waals surface area contributed by atoms with Gasteiger partial charge in [-0.25, -0.2) is 0 Å². The van der Waals surface area contributed by atoms with Crippen molar-refractivity contribution in [3.8, 4) is 0 Å². The van der Waals surface area contributed by atoms with E-state index in [1.54, 1.807) is 6.92 Å². The lowest BCUT2D eigenvalue weighted by atomic mass is 9.85. The summed E-state index contributed by atoms with van der Waals surface area (Å²) >= 11 is 7.60. The normalized spacial score (nSPS) is 19.7. The van der Waals surface area contributed by atoms with Gasteiger partial charge in [0.1, 0.15) is 5.60 Å². The maximum absolute atomic E-state index is 11.9. The zero-order valence-corrected chi connectivity index (χ0v) is 13.4. The molecule has 2 N–H and O–H groups in total. The van der Waals surface area contributed by atoms with Crippen molar-refractivity contribution in [1.29, 1.82) is 0 Å². The van der Waals surface area contributed by atoms with Crippen LogP contribution in [-0.2, 0) is 15.1 Å². The third kappa shape index (κ3) is 3.52. The number of benzene rings is 1. The molecule has 0 aliphatic carbocycles. The Morgan fingerprint density at radius 2 is 1.95 bits per heavy atom. The molecular weight excluding hydrogens is 326 g/mol. The lowest BCUT2D eigenvalue weighted by molar-refractivity contribution is -0.668. The number of halogens is 1. The van der Waals surface area contributed by atoms with Crippen molar-refractivity contribution in [1.82, 2.24) is 0 Å². The minimum Gasteiger partial charge on any atom is -0.453 e. The van der Waals surface area contributed by atoms with Crippen LogP contribution < -0.4 is 5.32 Å². The van der Waals surface area contributed by atoms with E-state index in [0.29, 0.717) is 0 Å². The maximum Gasteiger partial charge on any atom is 0.319 e. The summed E-state index contributed by atoms with van der Waals surface area (Å²) in [5.74, 6) is -0.242. The quantitative estimate of drug-likeness (QED) is 0.649. The Morgan fingerprint density at radius 1 is 1.37 bits per heavy atom. The molecule has 1 aromatic rings. The molecule has 0 spiro atoms. The summed E-state index contributed by atoms with van der Waals surface area (Å²) in [6.45, 7) is 3.70. The summed E-state index contributed by atoms with van der Waals surface area (Å²) in [4.78, 5) is 11.9. The topological polar surface area (TPSA) is 42.9 Å². The van der Waals surface area contributed by atoms with Crippen molar-refractivity contribution < 1.29 is 14.8 Å². The van der Waals surface area contributed by atoms with E-state index in [-0.39, 0.29) is 5.97 Å². The Labute approximate surface area is 127 Å². The van der Waals surface area contributed by atoms with Gasteiger partial charge in [0, 0.05) is 17.3 Å². The van der Waals surface area contributed by atoms with E-state index in [1.807, 2.05) is 24.3 Å². The molecular formula is C14H19BrNO2S+. The van der Waals surface area contributed by atoms with Gasteiger partial charge in [-0.1, -0.05) is 28.1 Å². The number of piperidine rings is 1. The Morgan fingerprint density at radius 3 is 2.47 bits per heavy atom. The monoisotopic (exact) mass is 344 g/mol. The Balaban J connectivity index is 2.28. The van der Waals surface area contributed by atoms with E-state index >= 15 is 0 Å². The molecule has 1 aromatic carbocycles. The highest BCUT2D eigenvalue weighted by Gasteiger charge is 2.40. The molecule has 1 aliphatic heterocycles. The Bertz CT molecular complexity index is 441. The zero-order chi connectivity index (χ0) is 13.9. The third-order valence-electron chi connectivity index (χ3n) is 3.51. The van der Waals surface area contributed by atoms with Gasteiger partial charge in [-0.3, -0.25) is 4.79 Å². The molecule has 19 heavy (non-hydrogen) atoms. The van der Waals surface area contributed by atoms with Crippen LogP contribution in [0.2, 0.25) is 0 Å². The van der Waals surface area contributed by atoms with Crippen molar-refractivity contribution in [3.05, 3.63) is 34.3 Å². The average Bonchev–Trinajstić information content (AvgIpc) is 2.40. The number of ether oxygens (including phenoxy) is 1. The van der Waals surface area contributed by atoms with Crippen molar-refractivity contribution in [2.24, 2.45) is 0 Å². The largest absolute Gasteiger partial charge is 0.453 e. The van der Waals surface area contributed by atoms with E-state index in [9.17, 15) is 4.79 Å². The molecule has 1 unspecified atom stereocenters. The highest BCUT2D eigenvalue weighted by Crippen LogP contribution is 2.35. The SMILES string of the molecule is CC(S)C(=O)OC1(c2ccc(Br)cc2)CC[NH2+]CC1. The second-order valence-corrected chi connectivity index (χ2v) is 6.65. The second kappa shape index (κ2) is 6.29. The van der Waals surface area contributed by atoms with E-state index in [0.717, 1.165) is 36.0 Å². The average molecular weight is 345 g/mol. The molecule has 0 saturated carbocycles. The van der Waals surface area contributed by atoms with Gasteiger partial charge in [-0.05, 0) is 24.6 Å². The van der Waals surface area contributed by atoms with E-state index in [2.05, 4.69) is 33.9 Å². The second-order valence-electron chi connectivity index (χ2n) is 4.96. The molecule has 0 bridgehead atoms. The maximum atomic E-state index is 11.9. The fourth-order valence-corrected chi connectivity index (χ4v) is 2.74. The first-order valence-corrected chi connectivity index (χ1v) is 7.83. The number of hydrogen-bond acceptors (Lipinski definition) is 3. The highest BCUT2D eigenvalue weighted by atomic mass is 79.9. The van der Waals surface area contributed by atoms with E-state index in [1.165, 1.54) is 0 Å². The molecule has 0 amide bonds. The first-order chi connectivity index (χ1) is 9.03. The molecule has 3 nitrogen and oxygen atoms in total. The number of nitrogens with two attached hydrogens (primary N) is 1. The summed E-state index contributed by atoms with van der Waals surface area (Å²) in [6.07, 6.45) is 1.70. The summed E-state index contributed by atoms with van der Waals surface area (Å²) in [6, 6.07) is 8.05. The van der Waals surface area contributed by atoms with Crippen LogP contribution >= 0.6 is 28.6 Å². The van der Waals surface area contributed by atoms with Gasteiger partial charge >= 0.3 is 5.97 Å². The number of rotatable bonds is 3. The summed E-state index contributed by atoms with van der Waals surface area (Å²) in [5.41, 5.74) is 0.593. The van der Waals surface area contributed by atoms with Crippen LogP contribution in [0.1, 0.15) is 25.3 Å². The molecule has 0 radical (unpaired) electrons. The number of carbonyl (C=O) groups excluding carboxylic acids is 1. The van der Waals surface area contributed by atoms with Crippen LogP contribution in [0.4, 0.5) is 0 Å². The molecule has 1 aliphatic rings. The molecule has 1 fully saturated rings. The van der Waals surface area contributed by atoms with Crippen LogP contribution in [0, 0.1) is 0 Å². The predicted molar refractivity (Wildman–Crippen MR) is 81.3 cm³/mol. The van der Waals surface area contributed by atoms with Gasteiger partial charge < -0.3 is 10.1 Å². The van der Waals surface area contributed by atoms with Gasteiger partial charge in [0.2, 0.25) is 0 Å². The minimum absolute atomic E-state index is 0.242. The number of hydrogen-bond donors (Lipinski definition) is 2. The predicted octanol–water partition coefficient (Wildman–Crippen LogP) is 1.86. The number of quaternary nitrogens is 1. The minimum atomic E-state index is -0.483. The van der Waals surface area contributed by atoms with Gasteiger partial charge in [0.15, 0.2) is 0 Å². The molecule has 1 saturated heterocycles. The molecule has 5 heteroatoms. The molecule has 1 atom stereocenters. The van der Waals surface area contributed by atoms with Crippen molar-refractivity contribution in [2.75, 3.05) is 13.1 Å². The first kappa shape index (κ1) is 14.9. The third-order valence-corrected chi connectivity index (χ3v) is 4.25. The van der Waals surface area contributed by atoms with Gasteiger partial charge in [0.05, 0.1) is 18.3 Å². The lowest BCUT2D eigenvalue weighted by Gasteiger charge is -2.36. The van der Waals surface area contributed by atoms with E-state index < -0.39 is 10.9 Å². The van der Waals surface area contributed by atoms with Gasteiger partial charge in [0.25, 0.3) is 0 Å². The van der Waals surface area contributed by atoms with Crippen molar-refractivity contribution >= 4 is 34.5 Å². The molecule has 104 valence electrons. The summed E-state index contributed by atoms with van der Waals surface area (Å²) in [5, 5.41) is 1.87. The van der Waals surface area contributed by atoms with Crippen molar-refractivity contribution in [2.45, 2.75) is 30.6 Å². The first-order valence-electron chi connectivity index (χ1n) is 6.52. The smallest absolute Gasteiger partial charge is 0.319 e. The Hall–Kier alpha value is -0.520. The van der Waals surface area contributed by atoms with Crippen LogP contribution in [0.3, 0.4) is 0 Å². The molecule has 2 rings (SSSR count).